The summed E-state index contributed by atoms with van der Waals surface area (Å²) < 4.78 is 0.981. The predicted molar refractivity (Wildman–Crippen MR) is 79.1 cm³/mol. The summed E-state index contributed by atoms with van der Waals surface area (Å²) in [6, 6.07) is 7.80. The number of hydrogen-bond acceptors (Lipinski definition) is 2. The number of aliphatic carboxylic acids is 1. The molecule has 1 fully saturated rings. The topological polar surface area (TPSA) is 57.6 Å². The zero-order valence-corrected chi connectivity index (χ0v) is 13.0. The number of benzene rings is 1. The Bertz CT molecular complexity index is 518. The molecule has 20 heavy (non-hydrogen) atoms. The molecule has 1 aromatic rings. The lowest BCUT2D eigenvalue weighted by Gasteiger charge is -2.21. The molecule has 0 saturated heterocycles. The third-order valence-electron chi connectivity index (χ3n) is 3.87. The lowest BCUT2D eigenvalue weighted by molar-refractivity contribution is -0.141. The summed E-state index contributed by atoms with van der Waals surface area (Å²) in [7, 11) is 1.77. The average Bonchev–Trinajstić information content (AvgIpc) is 2.90. The number of hydrogen-bond donors (Lipinski definition) is 1. The van der Waals surface area contributed by atoms with E-state index < -0.39 is 5.97 Å². The fraction of sp³-hybridized carbons (Fsp3) is 0.467. The minimum Gasteiger partial charge on any atom is -0.481 e. The Kier molecular flexibility index (Phi) is 4.81. The molecule has 0 unspecified atom stereocenters. The normalized spacial score (nSPS) is 21.7. The zero-order valence-electron chi connectivity index (χ0n) is 11.4. The second-order valence-corrected chi connectivity index (χ2v) is 6.19. The van der Waals surface area contributed by atoms with Gasteiger partial charge in [-0.15, -0.1) is 0 Å². The maximum atomic E-state index is 12.3. The van der Waals surface area contributed by atoms with Crippen molar-refractivity contribution in [3.05, 3.63) is 34.3 Å². The number of carbonyl (C=O) groups excluding carboxylic acids is 1. The van der Waals surface area contributed by atoms with Crippen LogP contribution in [0.5, 0.6) is 0 Å². The smallest absolute Gasteiger partial charge is 0.306 e. The van der Waals surface area contributed by atoms with Crippen molar-refractivity contribution in [1.82, 2.24) is 4.90 Å². The van der Waals surface area contributed by atoms with Gasteiger partial charge in [0, 0.05) is 24.0 Å². The summed E-state index contributed by atoms with van der Waals surface area (Å²) in [4.78, 5) is 25.0. The van der Waals surface area contributed by atoms with Crippen LogP contribution < -0.4 is 0 Å². The van der Waals surface area contributed by atoms with Gasteiger partial charge in [0.15, 0.2) is 0 Å². The maximum absolute atomic E-state index is 12.3. The van der Waals surface area contributed by atoms with E-state index in [1.165, 1.54) is 0 Å². The molecule has 2 atom stereocenters. The highest BCUT2D eigenvalue weighted by Gasteiger charge is 2.35. The molecule has 1 aliphatic carbocycles. The van der Waals surface area contributed by atoms with Gasteiger partial charge in [-0.25, -0.2) is 0 Å². The number of nitrogens with zero attached hydrogens (tertiary/aromatic N) is 1. The molecule has 1 aromatic carbocycles. The van der Waals surface area contributed by atoms with Gasteiger partial charge in [-0.2, -0.15) is 0 Å². The molecule has 1 N–H and O–H groups in total. The van der Waals surface area contributed by atoms with Crippen molar-refractivity contribution in [3.8, 4) is 0 Å². The Hall–Kier alpha value is -1.36. The van der Waals surface area contributed by atoms with Gasteiger partial charge in [0.25, 0.3) is 0 Å². The first-order valence-corrected chi connectivity index (χ1v) is 7.49. The molecule has 0 aliphatic heterocycles. The second-order valence-electron chi connectivity index (χ2n) is 5.33. The van der Waals surface area contributed by atoms with Gasteiger partial charge in [-0.1, -0.05) is 34.1 Å². The van der Waals surface area contributed by atoms with E-state index >= 15 is 0 Å². The van der Waals surface area contributed by atoms with Gasteiger partial charge in [-0.05, 0) is 30.9 Å². The molecular weight excluding hydrogens is 322 g/mol. The number of carboxylic acid groups (broad SMARTS) is 1. The molecule has 2 rings (SSSR count). The minimum absolute atomic E-state index is 0.0458. The average molecular weight is 340 g/mol. The number of carbonyl (C=O) groups is 2. The fourth-order valence-electron chi connectivity index (χ4n) is 2.70. The summed E-state index contributed by atoms with van der Waals surface area (Å²) in [6.45, 7) is 0.536. The molecule has 5 heteroatoms. The van der Waals surface area contributed by atoms with Crippen molar-refractivity contribution < 1.29 is 14.7 Å². The van der Waals surface area contributed by atoms with Crippen LogP contribution in [0.15, 0.2) is 28.7 Å². The van der Waals surface area contributed by atoms with Crippen LogP contribution in [0.25, 0.3) is 0 Å². The molecule has 1 amide bonds. The van der Waals surface area contributed by atoms with E-state index in [2.05, 4.69) is 15.9 Å². The molecule has 0 heterocycles. The van der Waals surface area contributed by atoms with Crippen LogP contribution >= 0.6 is 15.9 Å². The number of rotatable bonds is 4. The van der Waals surface area contributed by atoms with E-state index in [4.69, 9.17) is 5.11 Å². The second kappa shape index (κ2) is 6.39. The van der Waals surface area contributed by atoms with Crippen molar-refractivity contribution >= 4 is 27.8 Å². The Morgan fingerprint density at radius 1 is 1.30 bits per heavy atom. The summed E-state index contributed by atoms with van der Waals surface area (Å²) in [6.07, 6.45) is 1.75. The van der Waals surface area contributed by atoms with Crippen LogP contribution in [0.2, 0.25) is 0 Å². The molecule has 0 spiro atoms. The van der Waals surface area contributed by atoms with Crippen molar-refractivity contribution in [2.45, 2.75) is 25.8 Å². The van der Waals surface area contributed by atoms with Gasteiger partial charge in [-0.3, -0.25) is 9.59 Å². The van der Waals surface area contributed by atoms with Crippen LogP contribution in [0.4, 0.5) is 0 Å². The first-order chi connectivity index (χ1) is 9.49. The van der Waals surface area contributed by atoms with Crippen molar-refractivity contribution in [2.24, 2.45) is 11.8 Å². The Labute approximate surface area is 126 Å². The highest BCUT2D eigenvalue weighted by Crippen LogP contribution is 2.32. The van der Waals surface area contributed by atoms with Crippen LogP contribution in [0, 0.1) is 11.8 Å². The third-order valence-corrected chi connectivity index (χ3v) is 4.65. The van der Waals surface area contributed by atoms with E-state index in [0.29, 0.717) is 25.8 Å². The Morgan fingerprint density at radius 3 is 2.55 bits per heavy atom. The highest BCUT2D eigenvalue weighted by atomic mass is 79.9. The quantitative estimate of drug-likeness (QED) is 0.917. The summed E-state index contributed by atoms with van der Waals surface area (Å²) in [5.74, 6) is -1.25. The first-order valence-electron chi connectivity index (χ1n) is 6.70. The lowest BCUT2D eigenvalue weighted by Crippen LogP contribution is -2.31. The summed E-state index contributed by atoms with van der Waals surface area (Å²) in [5.41, 5.74) is 1.05. The zero-order chi connectivity index (χ0) is 14.7. The molecule has 108 valence electrons. The van der Waals surface area contributed by atoms with Crippen LogP contribution in [0.1, 0.15) is 24.8 Å². The van der Waals surface area contributed by atoms with Gasteiger partial charge < -0.3 is 10.0 Å². The molecule has 0 bridgehead atoms. The van der Waals surface area contributed by atoms with E-state index in [0.717, 1.165) is 10.0 Å². The lowest BCUT2D eigenvalue weighted by atomic mass is 10.0. The summed E-state index contributed by atoms with van der Waals surface area (Å²) >= 11 is 3.47. The van der Waals surface area contributed by atoms with Crippen molar-refractivity contribution in [2.75, 3.05) is 7.05 Å². The maximum Gasteiger partial charge on any atom is 0.306 e. The number of halogens is 1. The first kappa shape index (κ1) is 15.0. The molecular formula is C15H18BrNO3. The van der Waals surface area contributed by atoms with Crippen LogP contribution in [-0.2, 0) is 16.1 Å². The predicted octanol–water partition coefficient (Wildman–Crippen LogP) is 2.91. The molecule has 4 nitrogen and oxygen atoms in total. The monoisotopic (exact) mass is 339 g/mol. The van der Waals surface area contributed by atoms with E-state index in [1.54, 1.807) is 11.9 Å². The van der Waals surface area contributed by atoms with Crippen molar-refractivity contribution in [1.29, 1.82) is 0 Å². The third kappa shape index (κ3) is 3.39. The molecule has 1 aliphatic rings. The standard InChI is InChI=1S/C15H18BrNO3/c1-17(9-12-4-2-3-5-13(12)16)14(18)10-6-7-11(8-10)15(19)20/h2-5,10-11H,6-9H2,1H3,(H,19,20)/t10-,11+/m1/s1. The van der Waals surface area contributed by atoms with E-state index in [9.17, 15) is 9.59 Å². The SMILES string of the molecule is CN(Cc1ccccc1Br)C(=O)[C@@H]1CC[C@H](C(=O)O)C1. The number of amides is 1. The molecule has 0 radical (unpaired) electrons. The van der Waals surface area contributed by atoms with Crippen LogP contribution in [-0.4, -0.2) is 28.9 Å². The number of carboxylic acids is 1. The van der Waals surface area contributed by atoms with E-state index in [-0.39, 0.29) is 17.7 Å². The Morgan fingerprint density at radius 2 is 1.95 bits per heavy atom. The van der Waals surface area contributed by atoms with Gasteiger partial charge >= 0.3 is 5.97 Å². The highest BCUT2D eigenvalue weighted by molar-refractivity contribution is 9.10. The largest absolute Gasteiger partial charge is 0.481 e. The Balaban J connectivity index is 1.96. The van der Waals surface area contributed by atoms with Crippen LogP contribution in [0.3, 0.4) is 0 Å². The van der Waals surface area contributed by atoms with E-state index in [1.807, 2.05) is 24.3 Å². The molecule has 0 aromatic heterocycles. The van der Waals surface area contributed by atoms with Gasteiger partial charge in [0.1, 0.15) is 0 Å². The van der Waals surface area contributed by atoms with Crippen molar-refractivity contribution in [3.63, 3.8) is 0 Å². The van der Waals surface area contributed by atoms with Gasteiger partial charge in [0.2, 0.25) is 5.91 Å². The minimum atomic E-state index is -0.784. The fourth-order valence-corrected chi connectivity index (χ4v) is 3.11. The van der Waals surface area contributed by atoms with Gasteiger partial charge in [0.05, 0.1) is 5.92 Å². The summed E-state index contributed by atoms with van der Waals surface area (Å²) in [5, 5.41) is 8.99. The molecule has 1 saturated carbocycles.